The van der Waals surface area contributed by atoms with Crippen molar-refractivity contribution in [1.29, 1.82) is 0 Å². The van der Waals surface area contributed by atoms with E-state index in [0.29, 0.717) is 5.02 Å². The van der Waals surface area contributed by atoms with Crippen LogP contribution in [0.3, 0.4) is 0 Å². The Morgan fingerprint density at radius 2 is 2.00 bits per heavy atom. The molecule has 1 aromatic carbocycles. The number of nitrogens with one attached hydrogen (secondary N) is 1. The third-order valence-corrected chi connectivity index (χ3v) is 3.65. The highest BCUT2D eigenvalue weighted by Gasteiger charge is 2.16. The molecule has 0 aliphatic carbocycles. The Morgan fingerprint density at radius 3 is 2.57 bits per heavy atom. The maximum atomic E-state index is 11.5. The summed E-state index contributed by atoms with van der Waals surface area (Å²) in [6.07, 6.45) is 0. The Hall–Kier alpha value is -0.290. The molecule has 0 saturated heterocycles. The van der Waals surface area contributed by atoms with Gasteiger partial charge < -0.3 is 0 Å². The minimum absolute atomic E-state index is 0.0321. The van der Waals surface area contributed by atoms with Crippen LogP contribution in [0.15, 0.2) is 23.1 Å². The zero-order chi connectivity index (χ0) is 10.8. The average molecular weight is 253 g/mol. The summed E-state index contributed by atoms with van der Waals surface area (Å²) in [5, 5.41) is 0.453. The van der Waals surface area contributed by atoms with E-state index in [2.05, 4.69) is 11.6 Å². The molecule has 1 rings (SSSR count). The molecule has 0 fully saturated rings. The van der Waals surface area contributed by atoms with E-state index >= 15 is 0 Å². The summed E-state index contributed by atoms with van der Waals surface area (Å²) in [5.74, 6) is 0. The molecule has 0 saturated carbocycles. The number of benzene rings is 1. The molecule has 3 nitrogen and oxygen atoms in total. The van der Waals surface area contributed by atoms with Crippen molar-refractivity contribution in [3.63, 3.8) is 0 Å². The van der Waals surface area contributed by atoms with Crippen LogP contribution >= 0.6 is 23.2 Å². The highest BCUT2D eigenvalue weighted by molar-refractivity contribution is 7.89. The average Bonchev–Trinajstić information content (AvgIpc) is 2.09. The molecule has 0 spiro atoms. The molecule has 14 heavy (non-hydrogen) atoms. The van der Waals surface area contributed by atoms with Gasteiger partial charge in [0.25, 0.3) is 0 Å². The van der Waals surface area contributed by atoms with Gasteiger partial charge in [0.05, 0.1) is 5.02 Å². The van der Waals surface area contributed by atoms with Crippen molar-refractivity contribution in [3.05, 3.63) is 35.2 Å². The van der Waals surface area contributed by atoms with Crippen molar-refractivity contribution in [2.75, 3.05) is 6.54 Å². The molecule has 0 amide bonds. The maximum Gasteiger partial charge on any atom is 0.242 e. The number of rotatable bonds is 3. The van der Waals surface area contributed by atoms with Gasteiger partial charge in [-0.3, -0.25) is 0 Å². The Morgan fingerprint density at radius 1 is 1.36 bits per heavy atom. The van der Waals surface area contributed by atoms with E-state index in [-0.39, 0.29) is 16.5 Å². The Bertz CT molecular complexity index is 431. The Balaban J connectivity index is 3.25. The van der Waals surface area contributed by atoms with Gasteiger partial charge in [0, 0.05) is 11.6 Å². The normalized spacial score (nSPS) is 11.6. The first kappa shape index (κ1) is 11.8. The highest BCUT2D eigenvalue weighted by atomic mass is 35.5. The van der Waals surface area contributed by atoms with Gasteiger partial charge in [-0.2, -0.15) is 0 Å². The van der Waals surface area contributed by atoms with Crippen molar-refractivity contribution in [2.24, 2.45) is 0 Å². The highest BCUT2D eigenvalue weighted by Crippen LogP contribution is 2.24. The molecule has 0 atom stereocenters. The Kier molecular flexibility index (Phi) is 3.78. The molecule has 0 aliphatic heterocycles. The molecule has 1 aromatic rings. The molecule has 0 heterocycles. The first-order chi connectivity index (χ1) is 6.47. The molecule has 0 aromatic heterocycles. The molecular formula is C8H8Cl2NO2S. The molecule has 1 radical (unpaired) electrons. The molecular weight excluding hydrogens is 245 g/mol. The van der Waals surface area contributed by atoms with Gasteiger partial charge in [0.15, 0.2) is 0 Å². The second-order valence-corrected chi connectivity index (χ2v) is 5.05. The van der Waals surface area contributed by atoms with Crippen LogP contribution in [0.5, 0.6) is 0 Å². The van der Waals surface area contributed by atoms with Crippen molar-refractivity contribution >= 4 is 33.2 Å². The fraction of sp³-hybridized carbons (Fsp3) is 0.125. The summed E-state index contributed by atoms with van der Waals surface area (Å²) in [4.78, 5) is -0.0321. The van der Waals surface area contributed by atoms with Crippen LogP contribution in [0.4, 0.5) is 0 Å². The van der Waals surface area contributed by atoms with E-state index in [1.165, 1.54) is 18.2 Å². The minimum Gasteiger partial charge on any atom is -0.211 e. The van der Waals surface area contributed by atoms with E-state index < -0.39 is 10.0 Å². The fourth-order valence-electron chi connectivity index (χ4n) is 0.895. The molecule has 1 N–H and O–H groups in total. The lowest BCUT2D eigenvalue weighted by Crippen LogP contribution is -2.23. The van der Waals surface area contributed by atoms with E-state index in [0.717, 1.165) is 0 Å². The molecule has 0 bridgehead atoms. The molecule has 0 unspecified atom stereocenters. The second-order valence-electron chi connectivity index (χ2n) is 2.47. The van der Waals surface area contributed by atoms with Gasteiger partial charge in [-0.1, -0.05) is 23.2 Å². The van der Waals surface area contributed by atoms with E-state index in [4.69, 9.17) is 23.2 Å². The monoisotopic (exact) mass is 252 g/mol. The number of hydrogen-bond acceptors (Lipinski definition) is 2. The lowest BCUT2D eigenvalue weighted by atomic mass is 10.4. The van der Waals surface area contributed by atoms with Crippen LogP contribution in [-0.4, -0.2) is 15.0 Å². The third-order valence-electron chi connectivity index (χ3n) is 1.47. The van der Waals surface area contributed by atoms with Crippen molar-refractivity contribution in [3.8, 4) is 0 Å². The van der Waals surface area contributed by atoms with Crippen LogP contribution in [0, 0.1) is 6.92 Å². The van der Waals surface area contributed by atoms with Gasteiger partial charge >= 0.3 is 0 Å². The Labute approximate surface area is 93.1 Å². The summed E-state index contributed by atoms with van der Waals surface area (Å²) < 4.78 is 25.2. The first-order valence-electron chi connectivity index (χ1n) is 3.71. The van der Waals surface area contributed by atoms with Crippen molar-refractivity contribution in [2.45, 2.75) is 4.90 Å². The minimum atomic E-state index is -3.59. The smallest absolute Gasteiger partial charge is 0.211 e. The van der Waals surface area contributed by atoms with Crippen molar-refractivity contribution < 1.29 is 8.42 Å². The number of halogens is 2. The van der Waals surface area contributed by atoms with Crippen LogP contribution in [0.25, 0.3) is 0 Å². The second kappa shape index (κ2) is 4.49. The zero-order valence-electron chi connectivity index (χ0n) is 7.13. The zero-order valence-corrected chi connectivity index (χ0v) is 9.46. The largest absolute Gasteiger partial charge is 0.242 e. The predicted octanol–water partition coefficient (Wildman–Crippen LogP) is 2.11. The van der Waals surface area contributed by atoms with Crippen LogP contribution < -0.4 is 4.72 Å². The summed E-state index contributed by atoms with van der Waals surface area (Å²) in [5.41, 5.74) is 0. The lowest BCUT2D eigenvalue weighted by Gasteiger charge is -2.06. The van der Waals surface area contributed by atoms with Crippen LogP contribution in [0.2, 0.25) is 10.0 Å². The van der Waals surface area contributed by atoms with Crippen molar-refractivity contribution in [1.82, 2.24) is 4.72 Å². The molecule has 77 valence electrons. The van der Waals surface area contributed by atoms with E-state index in [1.54, 1.807) is 0 Å². The van der Waals surface area contributed by atoms with Gasteiger partial charge in [-0.05, 0) is 25.1 Å². The first-order valence-corrected chi connectivity index (χ1v) is 5.95. The summed E-state index contributed by atoms with van der Waals surface area (Å²) >= 11 is 11.4. The van der Waals surface area contributed by atoms with E-state index in [1.807, 2.05) is 0 Å². The SMILES string of the molecule is [CH2]CNS(=O)(=O)c1cc(Cl)ccc1Cl. The van der Waals surface area contributed by atoms with Gasteiger partial charge in [0.2, 0.25) is 10.0 Å². The topological polar surface area (TPSA) is 46.2 Å². The quantitative estimate of drug-likeness (QED) is 0.896. The molecule has 6 heteroatoms. The third kappa shape index (κ3) is 2.60. The number of hydrogen-bond donors (Lipinski definition) is 1. The lowest BCUT2D eigenvalue weighted by molar-refractivity contribution is 0.585. The van der Waals surface area contributed by atoms with Crippen LogP contribution in [0.1, 0.15) is 0 Å². The summed E-state index contributed by atoms with van der Waals surface area (Å²) in [6, 6.07) is 4.25. The summed E-state index contributed by atoms with van der Waals surface area (Å²) in [6.45, 7) is 3.44. The molecule has 0 aliphatic rings. The van der Waals surface area contributed by atoms with Crippen LogP contribution in [-0.2, 0) is 10.0 Å². The summed E-state index contributed by atoms with van der Waals surface area (Å²) in [7, 11) is -3.59. The van der Waals surface area contributed by atoms with Gasteiger partial charge in [0.1, 0.15) is 4.90 Å². The van der Waals surface area contributed by atoms with Gasteiger partial charge in [-0.25, -0.2) is 13.1 Å². The van der Waals surface area contributed by atoms with Gasteiger partial charge in [-0.15, -0.1) is 0 Å². The maximum absolute atomic E-state index is 11.5. The fourth-order valence-corrected chi connectivity index (χ4v) is 2.59. The predicted molar refractivity (Wildman–Crippen MR) is 57.0 cm³/mol. The standard InChI is InChI=1S/C8H8Cl2NO2S/c1-2-11-14(12,13)8-5-6(9)3-4-7(8)10/h3-5,11H,1-2H2. The number of sulfonamides is 1. The van der Waals surface area contributed by atoms with E-state index in [9.17, 15) is 8.42 Å².